The Hall–Kier alpha value is -5.43. The van der Waals surface area contributed by atoms with Crippen molar-refractivity contribution in [1.82, 2.24) is 24.7 Å². The lowest BCUT2D eigenvalue weighted by molar-refractivity contribution is -0.199. The molecule has 3 heterocycles. The number of nitrogens with zero attached hydrogens (tertiary/aromatic N) is 6. The van der Waals surface area contributed by atoms with Crippen LogP contribution in [-0.4, -0.2) is 52.4 Å². The fourth-order valence-corrected chi connectivity index (χ4v) is 5.54. The van der Waals surface area contributed by atoms with E-state index in [-0.39, 0.29) is 16.6 Å². The van der Waals surface area contributed by atoms with E-state index in [1.54, 1.807) is 18.5 Å². The molecule has 220 valence electrons. The molecule has 0 fully saturated rings. The summed E-state index contributed by atoms with van der Waals surface area (Å²) in [5.41, 5.74) is 1.65. The van der Waals surface area contributed by atoms with Crippen LogP contribution in [0.2, 0.25) is 0 Å². The summed E-state index contributed by atoms with van der Waals surface area (Å²) < 4.78 is 73.1. The molecule has 5 rings (SSSR count). The van der Waals surface area contributed by atoms with E-state index < -0.39 is 38.8 Å². The van der Waals surface area contributed by atoms with Crippen LogP contribution in [0.15, 0.2) is 84.4 Å². The molecule has 0 aliphatic rings. The summed E-state index contributed by atoms with van der Waals surface area (Å²) >= 11 is 0. The molecule has 0 amide bonds. The number of carbonyl (C=O) groups excluding carboxylic acids is 1. The number of sulfonamides is 1. The maximum Gasteiger partial charge on any atom is 0.493 e. The first-order valence-electron chi connectivity index (χ1n) is 12.3. The third-order valence-corrected chi connectivity index (χ3v) is 7.82. The predicted octanol–water partition coefficient (Wildman–Crippen LogP) is 4.55. The van der Waals surface area contributed by atoms with Crippen molar-refractivity contribution in [2.24, 2.45) is 0 Å². The van der Waals surface area contributed by atoms with Gasteiger partial charge >= 0.3 is 12.1 Å². The van der Waals surface area contributed by atoms with Crippen molar-refractivity contribution in [1.29, 1.82) is 5.26 Å². The number of methoxy groups -OCH3 is 1. The molecule has 12 nitrogen and oxygen atoms in total. The highest BCUT2D eigenvalue weighted by molar-refractivity contribution is 7.92. The fourth-order valence-electron chi connectivity index (χ4n) is 4.25. The molecule has 1 unspecified atom stereocenters. The number of hydrogen-bond donors (Lipinski definition) is 1. The van der Waals surface area contributed by atoms with E-state index in [1.807, 2.05) is 6.07 Å². The first kappa shape index (κ1) is 29.1. The lowest BCUT2D eigenvalue weighted by Crippen LogP contribution is -2.38. The number of nitriles is 1. The number of alkyl halides is 3. The lowest BCUT2D eigenvalue weighted by Gasteiger charge is -2.24. The number of benzene rings is 2. The van der Waals surface area contributed by atoms with Gasteiger partial charge in [-0.1, -0.05) is 22.7 Å². The van der Waals surface area contributed by atoms with Crippen LogP contribution in [0.5, 0.6) is 5.75 Å². The normalized spacial score (nSPS) is 12.4. The monoisotopic (exact) mass is 611 g/mol. The molecule has 1 N–H and O–H groups in total. The van der Waals surface area contributed by atoms with Crippen LogP contribution < -0.4 is 9.21 Å². The number of anilines is 1. The second-order valence-electron chi connectivity index (χ2n) is 8.93. The minimum absolute atomic E-state index is 0.0960. The topological polar surface area (TPSA) is 156 Å². The molecule has 0 bridgehead atoms. The number of rotatable bonds is 9. The fraction of sp³-hybridized carbons (Fsp3) is 0.148. The molecule has 2 aromatic carbocycles. The van der Waals surface area contributed by atoms with Gasteiger partial charge in [-0.05, 0) is 35.9 Å². The van der Waals surface area contributed by atoms with E-state index in [2.05, 4.69) is 24.9 Å². The molecule has 16 heteroatoms. The zero-order valence-corrected chi connectivity index (χ0v) is 22.9. The van der Waals surface area contributed by atoms with Crippen LogP contribution in [0.4, 0.5) is 18.9 Å². The van der Waals surface area contributed by atoms with Gasteiger partial charge in [0.15, 0.2) is 0 Å². The SMILES string of the molecule is COc1cccc(N(OC(=O)C(F)(F)F)S(=O)(=O)c2cccc(C(CC#N)n3cc(-c4ncnc5[nH]ccc45)cn3)c2)c1. The number of hydrogen-bond acceptors (Lipinski definition) is 9. The van der Waals surface area contributed by atoms with Gasteiger partial charge in [-0.15, -0.1) is 0 Å². The number of aromatic nitrogens is 5. The van der Waals surface area contributed by atoms with Gasteiger partial charge in [-0.2, -0.15) is 31.9 Å². The first-order chi connectivity index (χ1) is 20.5. The molecule has 0 saturated heterocycles. The number of fused-ring (bicyclic) bond motifs is 1. The molecule has 0 aliphatic carbocycles. The smallest absolute Gasteiger partial charge is 0.493 e. The molecule has 5 aromatic rings. The minimum Gasteiger partial charge on any atom is -0.497 e. The summed E-state index contributed by atoms with van der Waals surface area (Å²) in [6.07, 6.45) is 0.619. The number of ether oxygens (including phenoxy) is 1. The van der Waals surface area contributed by atoms with Crippen LogP contribution >= 0.6 is 0 Å². The number of H-pyrrole nitrogens is 1. The van der Waals surface area contributed by atoms with Gasteiger partial charge in [0.1, 0.15) is 17.7 Å². The summed E-state index contributed by atoms with van der Waals surface area (Å²) in [7, 11) is -3.67. The third-order valence-electron chi connectivity index (χ3n) is 6.25. The van der Waals surface area contributed by atoms with Gasteiger partial charge in [0.25, 0.3) is 10.0 Å². The molecule has 0 aliphatic heterocycles. The summed E-state index contributed by atoms with van der Waals surface area (Å²) in [6, 6.07) is 13.2. The Morgan fingerprint density at radius 3 is 2.70 bits per heavy atom. The average molecular weight is 612 g/mol. The summed E-state index contributed by atoms with van der Waals surface area (Å²) in [5, 5.41) is 14.7. The molecule has 0 saturated carbocycles. The quantitative estimate of drug-likeness (QED) is 0.236. The van der Waals surface area contributed by atoms with Crippen molar-refractivity contribution in [3.63, 3.8) is 0 Å². The van der Waals surface area contributed by atoms with Crippen molar-refractivity contribution >= 4 is 32.7 Å². The Morgan fingerprint density at radius 1 is 1.16 bits per heavy atom. The summed E-state index contributed by atoms with van der Waals surface area (Å²) in [6.45, 7) is 0. The molecule has 43 heavy (non-hydrogen) atoms. The van der Waals surface area contributed by atoms with E-state index in [9.17, 15) is 31.6 Å². The first-order valence-corrected chi connectivity index (χ1v) is 13.7. The van der Waals surface area contributed by atoms with Gasteiger partial charge < -0.3 is 14.6 Å². The highest BCUT2D eigenvalue weighted by Gasteiger charge is 2.45. The minimum atomic E-state index is -5.49. The van der Waals surface area contributed by atoms with E-state index >= 15 is 0 Å². The molecular formula is C27H20F3N7O5S. The highest BCUT2D eigenvalue weighted by Crippen LogP contribution is 2.32. The Kier molecular flexibility index (Phi) is 7.74. The number of halogens is 3. The predicted molar refractivity (Wildman–Crippen MR) is 145 cm³/mol. The van der Waals surface area contributed by atoms with Crippen LogP contribution in [0, 0.1) is 11.3 Å². The van der Waals surface area contributed by atoms with Crippen LogP contribution in [0.1, 0.15) is 18.0 Å². The second-order valence-corrected chi connectivity index (χ2v) is 10.7. The molecular weight excluding hydrogens is 591 g/mol. The third kappa shape index (κ3) is 5.83. The van der Waals surface area contributed by atoms with Crippen LogP contribution in [0.25, 0.3) is 22.3 Å². The highest BCUT2D eigenvalue weighted by atomic mass is 32.2. The van der Waals surface area contributed by atoms with E-state index in [4.69, 9.17) is 4.74 Å². The number of nitrogens with one attached hydrogen (secondary N) is 1. The van der Waals surface area contributed by atoms with E-state index in [1.165, 1.54) is 54.6 Å². The van der Waals surface area contributed by atoms with Gasteiger partial charge in [-0.3, -0.25) is 4.68 Å². The molecule has 1 atom stereocenters. The summed E-state index contributed by atoms with van der Waals surface area (Å²) in [4.78, 5) is 27.1. The van der Waals surface area contributed by atoms with Gasteiger partial charge in [0.2, 0.25) is 0 Å². The number of aromatic amines is 1. The Bertz CT molecular complexity index is 1950. The van der Waals surface area contributed by atoms with Crippen LogP contribution in [-0.2, 0) is 19.7 Å². The van der Waals surface area contributed by atoms with Gasteiger partial charge in [-0.25, -0.2) is 14.8 Å². The van der Waals surface area contributed by atoms with Crippen molar-refractivity contribution in [2.75, 3.05) is 11.6 Å². The molecule has 3 aromatic heterocycles. The maximum absolute atomic E-state index is 13.7. The maximum atomic E-state index is 13.7. The van der Waals surface area contributed by atoms with Crippen LogP contribution in [0.3, 0.4) is 0 Å². The van der Waals surface area contributed by atoms with Crippen molar-refractivity contribution in [2.45, 2.75) is 23.5 Å². The lowest BCUT2D eigenvalue weighted by atomic mass is 10.0. The summed E-state index contributed by atoms with van der Waals surface area (Å²) in [5.74, 6) is -2.65. The van der Waals surface area contributed by atoms with Crippen molar-refractivity contribution in [3.8, 4) is 23.1 Å². The average Bonchev–Trinajstić information content (AvgIpc) is 3.68. The zero-order chi connectivity index (χ0) is 30.8. The van der Waals surface area contributed by atoms with Gasteiger partial charge in [0.05, 0.1) is 48.1 Å². The Labute approximate surface area is 241 Å². The van der Waals surface area contributed by atoms with E-state index in [0.717, 1.165) is 23.6 Å². The van der Waals surface area contributed by atoms with Crippen molar-refractivity contribution < 1.29 is 36.0 Å². The molecule has 0 radical (unpaired) electrons. The molecule has 0 spiro atoms. The van der Waals surface area contributed by atoms with E-state index in [0.29, 0.717) is 22.5 Å². The van der Waals surface area contributed by atoms with Gasteiger partial charge in [0, 0.05) is 29.4 Å². The Balaban J connectivity index is 1.54. The Morgan fingerprint density at radius 2 is 1.95 bits per heavy atom. The second kappa shape index (κ2) is 11.4. The van der Waals surface area contributed by atoms with Crippen molar-refractivity contribution in [3.05, 3.63) is 85.1 Å². The number of carbonyl (C=O) groups is 1. The standard InChI is InChI=1S/C27H20F3N7O5S/c1-41-20-6-3-5-19(13-20)37(42-26(38)27(28,29)30)43(39,40)21-7-2-4-17(12-21)23(8-10-31)36-15-18(14-35-36)24-22-9-11-32-25(22)34-16-33-24/h2-7,9,11-16,23H,8H2,1H3,(H,32,33,34). The zero-order valence-electron chi connectivity index (χ0n) is 22.1. The largest absolute Gasteiger partial charge is 0.497 e.